The van der Waals surface area contributed by atoms with E-state index in [2.05, 4.69) is 26.1 Å². The summed E-state index contributed by atoms with van der Waals surface area (Å²) in [5.41, 5.74) is 0.0676. The third-order valence-electron chi connectivity index (χ3n) is 1.35. The van der Waals surface area contributed by atoms with Gasteiger partial charge in [0.25, 0.3) is 0 Å². The number of nitrogens with one attached hydrogen (secondary N) is 1. The largest absolute Gasteiger partial charge is 0.463 e. The predicted octanol–water partition coefficient (Wildman–Crippen LogP) is 1.72. The van der Waals surface area contributed by atoms with E-state index in [4.69, 9.17) is 4.74 Å². The first-order chi connectivity index (χ1) is 5.81. The zero-order valence-electron chi connectivity index (χ0n) is 9.31. The van der Waals surface area contributed by atoms with Crippen molar-refractivity contribution >= 4 is 5.97 Å². The van der Waals surface area contributed by atoms with E-state index in [-0.39, 0.29) is 17.6 Å². The van der Waals surface area contributed by atoms with Gasteiger partial charge in [-0.1, -0.05) is 0 Å². The molecule has 0 heterocycles. The van der Waals surface area contributed by atoms with Gasteiger partial charge < -0.3 is 10.1 Å². The number of carbonyl (C=O) groups excluding carboxylic acids is 1. The molecule has 0 aromatic carbocycles. The number of rotatable bonds is 4. The molecular formula is C10H21NO2. The number of esters is 1. The highest BCUT2D eigenvalue weighted by Gasteiger charge is 2.10. The summed E-state index contributed by atoms with van der Waals surface area (Å²) in [4.78, 5) is 11.1. The van der Waals surface area contributed by atoms with Crippen molar-refractivity contribution in [2.45, 2.75) is 52.7 Å². The molecule has 0 aliphatic rings. The molecule has 0 saturated heterocycles. The Morgan fingerprint density at radius 3 is 2.31 bits per heavy atom. The van der Waals surface area contributed by atoms with Crippen LogP contribution in [0.4, 0.5) is 0 Å². The highest BCUT2D eigenvalue weighted by atomic mass is 16.5. The molecule has 0 aliphatic carbocycles. The van der Waals surface area contributed by atoms with E-state index in [1.807, 2.05) is 13.8 Å². The van der Waals surface area contributed by atoms with Gasteiger partial charge in [0.15, 0.2) is 0 Å². The first-order valence-corrected chi connectivity index (χ1v) is 4.76. The average Bonchev–Trinajstić information content (AvgIpc) is 1.81. The maximum Gasteiger partial charge on any atom is 0.307 e. The van der Waals surface area contributed by atoms with E-state index in [9.17, 15) is 4.79 Å². The van der Waals surface area contributed by atoms with Crippen LogP contribution in [-0.2, 0) is 9.53 Å². The smallest absolute Gasteiger partial charge is 0.307 e. The zero-order chi connectivity index (χ0) is 10.5. The molecule has 0 radical (unpaired) electrons. The quantitative estimate of drug-likeness (QED) is 0.681. The van der Waals surface area contributed by atoms with Crippen LogP contribution in [0, 0.1) is 0 Å². The minimum atomic E-state index is -0.133. The molecule has 0 spiro atoms. The lowest BCUT2D eigenvalue weighted by Crippen LogP contribution is -2.37. The van der Waals surface area contributed by atoms with E-state index in [1.54, 1.807) is 0 Å². The summed E-state index contributed by atoms with van der Waals surface area (Å²) in [6, 6.07) is 0. The molecule has 0 fully saturated rings. The Balaban J connectivity index is 3.49. The van der Waals surface area contributed by atoms with Crippen LogP contribution in [0.5, 0.6) is 0 Å². The van der Waals surface area contributed by atoms with Gasteiger partial charge in [0, 0.05) is 12.1 Å². The number of hydrogen-bond acceptors (Lipinski definition) is 3. The Morgan fingerprint density at radius 2 is 1.92 bits per heavy atom. The van der Waals surface area contributed by atoms with Gasteiger partial charge in [-0.05, 0) is 34.6 Å². The van der Waals surface area contributed by atoms with Gasteiger partial charge in [0.1, 0.15) is 0 Å². The van der Waals surface area contributed by atoms with Crippen molar-refractivity contribution in [3.05, 3.63) is 0 Å². The van der Waals surface area contributed by atoms with Crippen molar-refractivity contribution in [3.63, 3.8) is 0 Å². The molecule has 0 aliphatic heterocycles. The van der Waals surface area contributed by atoms with Gasteiger partial charge in [0.05, 0.1) is 12.5 Å². The highest BCUT2D eigenvalue weighted by molar-refractivity contribution is 5.69. The summed E-state index contributed by atoms with van der Waals surface area (Å²) in [5.74, 6) is -0.133. The second kappa shape index (κ2) is 5.22. The monoisotopic (exact) mass is 187 g/mol. The van der Waals surface area contributed by atoms with Crippen LogP contribution in [0.25, 0.3) is 0 Å². The molecule has 3 heteroatoms. The lowest BCUT2D eigenvalue weighted by Gasteiger charge is -2.20. The minimum Gasteiger partial charge on any atom is -0.463 e. The van der Waals surface area contributed by atoms with Crippen LogP contribution in [-0.4, -0.2) is 24.2 Å². The fourth-order valence-electron chi connectivity index (χ4n) is 0.861. The van der Waals surface area contributed by atoms with Gasteiger partial charge >= 0.3 is 5.97 Å². The second-order valence-corrected chi connectivity index (χ2v) is 4.47. The van der Waals surface area contributed by atoms with E-state index < -0.39 is 0 Å². The van der Waals surface area contributed by atoms with Gasteiger partial charge in [-0.25, -0.2) is 0 Å². The molecule has 0 unspecified atom stereocenters. The maximum absolute atomic E-state index is 11.1. The van der Waals surface area contributed by atoms with E-state index in [0.717, 1.165) is 0 Å². The summed E-state index contributed by atoms with van der Waals surface area (Å²) in [7, 11) is 0. The van der Waals surface area contributed by atoms with Crippen LogP contribution in [0.15, 0.2) is 0 Å². The Hall–Kier alpha value is -0.570. The molecular weight excluding hydrogens is 166 g/mol. The summed E-state index contributed by atoms with van der Waals surface area (Å²) in [5, 5.41) is 3.23. The Bertz CT molecular complexity index is 159. The van der Waals surface area contributed by atoms with Crippen LogP contribution in [0.3, 0.4) is 0 Å². The Morgan fingerprint density at radius 1 is 1.38 bits per heavy atom. The number of ether oxygens (including phenoxy) is 1. The third kappa shape index (κ3) is 9.34. The summed E-state index contributed by atoms with van der Waals surface area (Å²) in [6.45, 7) is 10.6. The third-order valence-corrected chi connectivity index (χ3v) is 1.35. The van der Waals surface area contributed by atoms with Crippen molar-refractivity contribution in [2.75, 3.05) is 6.54 Å². The van der Waals surface area contributed by atoms with E-state index >= 15 is 0 Å². The summed E-state index contributed by atoms with van der Waals surface area (Å²) < 4.78 is 4.99. The molecule has 0 rings (SSSR count). The summed E-state index contributed by atoms with van der Waals surface area (Å²) in [6.07, 6.45) is 0.428. The fraction of sp³-hybridized carbons (Fsp3) is 0.900. The van der Waals surface area contributed by atoms with Gasteiger partial charge in [-0.3, -0.25) is 4.79 Å². The molecule has 3 nitrogen and oxygen atoms in total. The fourth-order valence-corrected chi connectivity index (χ4v) is 0.861. The first-order valence-electron chi connectivity index (χ1n) is 4.76. The topological polar surface area (TPSA) is 38.3 Å². The molecule has 0 atom stereocenters. The van der Waals surface area contributed by atoms with Crippen LogP contribution < -0.4 is 5.32 Å². The first kappa shape index (κ1) is 12.4. The molecule has 0 aromatic rings. The van der Waals surface area contributed by atoms with E-state index in [0.29, 0.717) is 13.0 Å². The standard InChI is InChI=1S/C10H21NO2/c1-8(2)13-9(12)6-7-11-10(3,4)5/h8,11H,6-7H2,1-5H3. The number of carbonyl (C=O) groups is 1. The normalized spacial score (nSPS) is 11.8. The predicted molar refractivity (Wildman–Crippen MR) is 53.6 cm³/mol. The maximum atomic E-state index is 11.1. The Labute approximate surface area is 80.8 Å². The highest BCUT2D eigenvalue weighted by Crippen LogP contribution is 1.99. The van der Waals surface area contributed by atoms with Crippen LogP contribution >= 0.6 is 0 Å². The Kier molecular flexibility index (Phi) is 4.99. The molecule has 1 N–H and O–H groups in total. The molecule has 0 amide bonds. The van der Waals surface area contributed by atoms with Crippen molar-refractivity contribution in [2.24, 2.45) is 0 Å². The van der Waals surface area contributed by atoms with Crippen molar-refractivity contribution in [3.8, 4) is 0 Å². The zero-order valence-corrected chi connectivity index (χ0v) is 9.31. The van der Waals surface area contributed by atoms with Crippen molar-refractivity contribution in [1.29, 1.82) is 0 Å². The molecule has 78 valence electrons. The molecule has 0 aromatic heterocycles. The second-order valence-electron chi connectivity index (χ2n) is 4.47. The van der Waals surface area contributed by atoms with Crippen LogP contribution in [0.1, 0.15) is 41.0 Å². The number of hydrogen-bond donors (Lipinski definition) is 1. The van der Waals surface area contributed by atoms with Gasteiger partial charge in [0.2, 0.25) is 0 Å². The SMILES string of the molecule is CC(C)OC(=O)CCNC(C)(C)C. The minimum absolute atomic E-state index is 0.0119. The van der Waals surface area contributed by atoms with Gasteiger partial charge in [-0.2, -0.15) is 0 Å². The lowest BCUT2D eigenvalue weighted by molar-refractivity contribution is -0.147. The molecule has 0 bridgehead atoms. The van der Waals surface area contributed by atoms with Crippen molar-refractivity contribution < 1.29 is 9.53 Å². The summed E-state index contributed by atoms with van der Waals surface area (Å²) >= 11 is 0. The van der Waals surface area contributed by atoms with Crippen LogP contribution in [0.2, 0.25) is 0 Å². The van der Waals surface area contributed by atoms with Crippen molar-refractivity contribution in [1.82, 2.24) is 5.32 Å². The van der Waals surface area contributed by atoms with E-state index in [1.165, 1.54) is 0 Å². The molecule has 0 saturated carbocycles. The molecule has 13 heavy (non-hydrogen) atoms. The lowest BCUT2D eigenvalue weighted by atomic mass is 10.1. The average molecular weight is 187 g/mol. The van der Waals surface area contributed by atoms with Gasteiger partial charge in [-0.15, -0.1) is 0 Å².